The van der Waals surface area contributed by atoms with Crippen molar-refractivity contribution in [1.29, 1.82) is 0 Å². The molecule has 0 aliphatic heterocycles. The summed E-state index contributed by atoms with van der Waals surface area (Å²) in [6.45, 7) is 5.34. The van der Waals surface area contributed by atoms with Crippen LogP contribution >= 0.6 is 15.3 Å². The monoisotopic (exact) mass is 464 g/mol. The molecule has 1 aromatic carbocycles. The molecule has 0 N–H and O–H groups in total. The molecule has 1 aliphatic rings. The van der Waals surface area contributed by atoms with Gasteiger partial charge in [-0.15, -0.1) is 0 Å². The molecule has 1 atom stereocenters. The van der Waals surface area contributed by atoms with Crippen LogP contribution in [0.25, 0.3) is 10.9 Å². The van der Waals surface area contributed by atoms with Gasteiger partial charge in [0, 0.05) is 0 Å². The summed E-state index contributed by atoms with van der Waals surface area (Å²) in [7, 11) is 0. The molecule has 0 radical (unpaired) electrons. The van der Waals surface area contributed by atoms with Crippen LogP contribution < -0.4 is 24.8 Å². The molecule has 1 nitrogen and oxygen atoms in total. The van der Waals surface area contributed by atoms with Crippen LogP contribution in [0.4, 0.5) is 0 Å². The van der Waals surface area contributed by atoms with Crippen LogP contribution in [-0.2, 0) is 20.6 Å². The molecule has 3 rings (SSSR count). The summed E-state index contributed by atoms with van der Waals surface area (Å²) in [4.78, 5) is 4.62. The van der Waals surface area contributed by atoms with E-state index >= 15 is 0 Å². The van der Waals surface area contributed by atoms with E-state index < -0.39 is 6.69 Å². The van der Waals surface area contributed by atoms with E-state index in [0.29, 0.717) is 0 Å². The smallest absolute Gasteiger partial charge is 1.00 e. The molecule has 0 bridgehead atoms. The van der Waals surface area contributed by atoms with Crippen LogP contribution in [0.3, 0.4) is 0 Å². The Morgan fingerprint density at radius 1 is 1.13 bits per heavy atom. The number of hydrogen-bond acceptors (Lipinski definition) is 1. The second kappa shape index (κ2) is 7.43. The molecule has 0 saturated carbocycles. The number of nitrogens with zero attached hydrogens (tertiary/aromatic N) is 1. The number of fused-ring (bicyclic) bond motifs is 1. The molecule has 23 heavy (non-hydrogen) atoms. The molecule has 0 fully saturated rings. The van der Waals surface area contributed by atoms with Crippen LogP contribution in [0.15, 0.2) is 59.5 Å². The number of para-hydroxylation sites is 1. The summed E-state index contributed by atoms with van der Waals surface area (Å²) in [5, 5.41) is 2.63. The first kappa shape index (κ1) is 21.0. The molecule has 1 heterocycles. The van der Waals surface area contributed by atoms with Crippen molar-refractivity contribution >= 4 is 32.9 Å². The SMILES string of the molecule is CC1=CC([Si](C)(C)Br)=C[C]1([Cr+2])c1cccc2cccnc12.[Cl-].[Cl-]. The average molecular weight is 466 g/mol. The van der Waals surface area contributed by atoms with Crippen molar-refractivity contribution in [3.63, 3.8) is 0 Å². The largest absolute Gasteiger partial charge is 1.00 e. The van der Waals surface area contributed by atoms with Gasteiger partial charge in [-0.1, -0.05) is 0 Å². The number of allylic oxidation sites excluding steroid dienone is 4. The fourth-order valence-corrected chi connectivity index (χ4v) is 5.28. The molecule has 1 aromatic heterocycles. The second-order valence-corrected chi connectivity index (χ2v) is 16.5. The van der Waals surface area contributed by atoms with Gasteiger partial charge in [0.25, 0.3) is 0 Å². The number of benzene rings is 1. The van der Waals surface area contributed by atoms with Gasteiger partial charge in [-0.2, -0.15) is 0 Å². The van der Waals surface area contributed by atoms with Crippen molar-refractivity contribution in [3.8, 4) is 0 Å². The van der Waals surface area contributed by atoms with Gasteiger partial charge >= 0.3 is 143 Å². The van der Waals surface area contributed by atoms with Crippen LogP contribution in [0.2, 0.25) is 13.1 Å². The van der Waals surface area contributed by atoms with E-state index in [9.17, 15) is 0 Å². The molecular formula is C17H17BrCl2CrNSi. The molecule has 121 valence electrons. The van der Waals surface area contributed by atoms with Gasteiger partial charge in [-0.25, -0.2) is 0 Å². The number of aromatic nitrogens is 1. The van der Waals surface area contributed by atoms with Gasteiger partial charge in [0.15, 0.2) is 0 Å². The van der Waals surface area contributed by atoms with E-state index in [1.54, 1.807) is 0 Å². The number of hydrogen-bond donors (Lipinski definition) is 0. The molecule has 6 heteroatoms. The van der Waals surface area contributed by atoms with E-state index in [4.69, 9.17) is 0 Å². The van der Waals surface area contributed by atoms with Crippen LogP contribution in [-0.4, -0.2) is 11.7 Å². The quantitative estimate of drug-likeness (QED) is 0.410. The zero-order valence-electron chi connectivity index (χ0n) is 13.1. The predicted octanol–water partition coefficient (Wildman–Crippen LogP) is -0.990. The summed E-state index contributed by atoms with van der Waals surface area (Å²) in [6.07, 6.45) is 6.59. The Bertz CT molecular complexity index is 780. The molecule has 0 amide bonds. The third kappa shape index (κ3) is 3.79. The fraction of sp³-hybridized carbons (Fsp3) is 0.235. The van der Waals surface area contributed by atoms with E-state index in [0.717, 1.165) is 5.52 Å². The molecule has 0 spiro atoms. The minimum atomic E-state index is -1.50. The maximum Gasteiger partial charge on any atom is -1.00 e. The third-order valence-corrected chi connectivity index (χ3v) is 8.10. The Morgan fingerprint density at radius 2 is 1.78 bits per heavy atom. The first-order valence-electron chi connectivity index (χ1n) is 6.98. The third-order valence-electron chi connectivity index (χ3n) is 4.04. The Kier molecular flexibility index (Phi) is 6.78. The summed E-state index contributed by atoms with van der Waals surface area (Å²) in [6, 6.07) is 10.5. The van der Waals surface area contributed by atoms with Gasteiger partial charge in [0.05, 0.1) is 0 Å². The van der Waals surface area contributed by atoms with Gasteiger partial charge in [-0.05, 0) is 0 Å². The fourth-order valence-electron chi connectivity index (χ4n) is 2.75. The predicted molar refractivity (Wildman–Crippen MR) is 91.7 cm³/mol. The van der Waals surface area contributed by atoms with Gasteiger partial charge < -0.3 is 24.8 Å². The Labute approximate surface area is 167 Å². The van der Waals surface area contributed by atoms with Gasteiger partial charge in [-0.3, -0.25) is 0 Å². The minimum Gasteiger partial charge on any atom is -1.00 e. The minimum absolute atomic E-state index is 0. The van der Waals surface area contributed by atoms with Crippen LogP contribution in [0.5, 0.6) is 0 Å². The first-order valence-corrected chi connectivity index (χ1v) is 12.9. The Morgan fingerprint density at radius 3 is 2.39 bits per heavy atom. The van der Waals surface area contributed by atoms with Gasteiger partial charge in [0.2, 0.25) is 0 Å². The van der Waals surface area contributed by atoms with Crippen molar-refractivity contribution in [1.82, 2.24) is 4.98 Å². The summed E-state index contributed by atoms with van der Waals surface area (Å²) < 4.78 is -0.179. The molecular weight excluding hydrogens is 449 g/mol. The van der Waals surface area contributed by atoms with E-state index in [1.165, 1.54) is 21.7 Å². The summed E-state index contributed by atoms with van der Waals surface area (Å²) in [5.74, 6) is 0. The normalized spacial score (nSPS) is 20.3. The number of halogens is 3. The van der Waals surface area contributed by atoms with Gasteiger partial charge in [0.1, 0.15) is 0 Å². The van der Waals surface area contributed by atoms with E-state index in [1.807, 2.05) is 12.3 Å². The van der Waals surface area contributed by atoms with Crippen LogP contribution in [0, 0.1) is 0 Å². The standard InChI is InChI=1S/C17H17BrNSi.2ClH.Cr/c1-12-10-14(20(2,3)18)11-16(12)15-8-4-6-13-7-5-9-19-17(13)15;;;/h4-11H,1-3H3;2*1H;/q;;;+2/p-2. The zero-order valence-corrected chi connectivity index (χ0v) is 18.5. The Hall–Kier alpha value is -0.0806. The maximum atomic E-state index is 4.62. The van der Waals surface area contributed by atoms with Crippen molar-refractivity contribution in [2.24, 2.45) is 0 Å². The molecule has 1 unspecified atom stereocenters. The van der Waals surface area contributed by atoms with Crippen molar-refractivity contribution in [3.05, 3.63) is 65.0 Å². The summed E-state index contributed by atoms with van der Waals surface area (Å²) >= 11 is 7.33. The molecule has 1 aliphatic carbocycles. The average Bonchev–Trinajstić information content (AvgIpc) is 2.75. The zero-order chi connectivity index (χ0) is 15.3. The van der Waals surface area contributed by atoms with Crippen molar-refractivity contribution < 1.29 is 41.1 Å². The van der Waals surface area contributed by atoms with Crippen molar-refractivity contribution in [2.75, 3.05) is 0 Å². The molecule has 2 aromatic rings. The van der Waals surface area contributed by atoms with E-state index in [-0.39, 0.29) is 29.1 Å². The van der Waals surface area contributed by atoms with Crippen LogP contribution in [0.1, 0.15) is 12.5 Å². The maximum absolute atomic E-state index is 4.62. The number of pyridine rings is 1. The van der Waals surface area contributed by atoms with Crippen molar-refractivity contribution in [2.45, 2.75) is 24.3 Å². The molecule has 0 saturated heterocycles. The second-order valence-electron chi connectivity index (χ2n) is 6.02. The Balaban J connectivity index is 0.00000132. The topological polar surface area (TPSA) is 12.9 Å². The first-order chi connectivity index (χ1) is 9.82. The van der Waals surface area contributed by atoms with E-state index in [2.05, 4.69) is 93.0 Å². The summed E-state index contributed by atoms with van der Waals surface area (Å²) in [5.41, 5.74) is 3.67. The number of rotatable bonds is 2.